The standard InChI is InChI=1S/C30H28F4N8O4/c1-46-24-12-22-18(11-23(24)37-28(44)17-2-3-25(35-13-17)30(32,33)34)16-42(39-22)20-4-7-40(8-5-20)15-19-10-21(14-36-27(19)31)41-9-6-26(43)38-29(41)45/h2-3,10-14,16,20H,4-9,15H2,1H3,(H,37,44)(H,38,43,45). The van der Waals surface area contributed by atoms with Gasteiger partial charge in [-0.15, -0.1) is 0 Å². The molecule has 5 heterocycles. The molecule has 4 amide bonds. The Bertz CT molecular complexity index is 1800. The number of likely N-dealkylation sites (tertiary alicyclic amines) is 1. The minimum absolute atomic E-state index is 0.0477. The Morgan fingerprint density at radius 2 is 1.87 bits per heavy atom. The number of alkyl halides is 3. The summed E-state index contributed by atoms with van der Waals surface area (Å²) in [6.45, 7) is 1.78. The molecule has 4 aromatic rings. The van der Waals surface area contributed by atoms with Crippen LogP contribution >= 0.6 is 0 Å². The van der Waals surface area contributed by atoms with Gasteiger partial charge in [0.1, 0.15) is 11.4 Å². The fourth-order valence-electron chi connectivity index (χ4n) is 5.55. The lowest BCUT2D eigenvalue weighted by molar-refractivity contribution is -0.141. The second-order valence-corrected chi connectivity index (χ2v) is 11.0. The van der Waals surface area contributed by atoms with Crippen molar-refractivity contribution in [2.45, 2.75) is 38.0 Å². The zero-order valence-electron chi connectivity index (χ0n) is 24.5. The molecule has 2 aliphatic heterocycles. The van der Waals surface area contributed by atoms with Gasteiger partial charge in [-0.2, -0.15) is 22.7 Å². The Kier molecular flexibility index (Phi) is 8.29. The first-order valence-electron chi connectivity index (χ1n) is 14.4. The number of urea groups is 1. The molecular formula is C30H28F4N8O4. The van der Waals surface area contributed by atoms with Crippen LogP contribution in [-0.4, -0.2) is 69.2 Å². The number of rotatable bonds is 7. The highest BCUT2D eigenvalue weighted by Crippen LogP contribution is 2.33. The number of nitrogens with one attached hydrogen (secondary N) is 2. The van der Waals surface area contributed by atoms with Gasteiger partial charge in [0.2, 0.25) is 11.9 Å². The molecule has 0 spiro atoms. The van der Waals surface area contributed by atoms with Gasteiger partial charge in [0.05, 0.1) is 41.8 Å². The number of carbonyl (C=O) groups excluding carboxylic acids is 3. The molecule has 0 bridgehead atoms. The van der Waals surface area contributed by atoms with Gasteiger partial charge in [-0.25, -0.2) is 9.78 Å². The van der Waals surface area contributed by atoms with Crippen molar-refractivity contribution in [1.82, 2.24) is 30.0 Å². The van der Waals surface area contributed by atoms with Crippen molar-refractivity contribution in [3.05, 3.63) is 71.7 Å². The van der Waals surface area contributed by atoms with Gasteiger partial charge in [0.15, 0.2) is 0 Å². The van der Waals surface area contributed by atoms with Gasteiger partial charge in [-0.05, 0) is 37.1 Å². The highest BCUT2D eigenvalue weighted by atomic mass is 19.4. The highest BCUT2D eigenvalue weighted by Gasteiger charge is 2.32. The molecule has 0 unspecified atom stereocenters. The zero-order valence-corrected chi connectivity index (χ0v) is 24.5. The van der Waals surface area contributed by atoms with Crippen LogP contribution in [0.15, 0.2) is 48.9 Å². The lowest BCUT2D eigenvalue weighted by atomic mass is 10.0. The summed E-state index contributed by atoms with van der Waals surface area (Å²) in [7, 11) is 1.43. The minimum atomic E-state index is -4.61. The first-order chi connectivity index (χ1) is 22.0. The SMILES string of the molecule is COc1cc2nn(C3CCN(Cc4cc(N5CCC(=O)NC5=O)cnc4F)CC3)cc2cc1NC(=O)c1ccc(C(F)(F)F)nc1. The summed E-state index contributed by atoms with van der Waals surface area (Å²) in [5.41, 5.74) is 0.569. The molecule has 0 radical (unpaired) electrons. The summed E-state index contributed by atoms with van der Waals surface area (Å²) in [4.78, 5) is 47.1. The maximum atomic E-state index is 14.6. The molecule has 16 heteroatoms. The number of carbonyl (C=O) groups is 3. The number of methoxy groups -OCH3 is 1. The Hall–Kier alpha value is -5.12. The van der Waals surface area contributed by atoms with Crippen LogP contribution in [0.2, 0.25) is 0 Å². The van der Waals surface area contributed by atoms with E-state index in [9.17, 15) is 31.9 Å². The van der Waals surface area contributed by atoms with Crippen LogP contribution in [0.5, 0.6) is 5.75 Å². The van der Waals surface area contributed by atoms with Crippen molar-refractivity contribution in [3.63, 3.8) is 0 Å². The first kappa shape index (κ1) is 30.9. The number of halogens is 4. The number of amides is 4. The quantitative estimate of drug-likeness (QED) is 0.222. The van der Waals surface area contributed by atoms with Crippen LogP contribution in [0.25, 0.3) is 10.9 Å². The fraction of sp³-hybridized carbons (Fsp3) is 0.333. The summed E-state index contributed by atoms with van der Waals surface area (Å²) in [5, 5.41) is 10.4. The van der Waals surface area contributed by atoms with Crippen molar-refractivity contribution in [2.75, 3.05) is 37.0 Å². The van der Waals surface area contributed by atoms with Crippen LogP contribution in [-0.2, 0) is 17.5 Å². The van der Waals surface area contributed by atoms with Gasteiger partial charge < -0.3 is 10.1 Å². The largest absolute Gasteiger partial charge is 0.494 e. The molecule has 2 aliphatic rings. The molecule has 2 saturated heterocycles. The number of pyridine rings is 2. The third kappa shape index (κ3) is 6.47. The van der Waals surface area contributed by atoms with Crippen molar-refractivity contribution in [2.24, 2.45) is 0 Å². The molecule has 0 saturated carbocycles. The monoisotopic (exact) mass is 640 g/mol. The number of hydrogen-bond acceptors (Lipinski definition) is 8. The molecular weight excluding hydrogens is 612 g/mol. The molecule has 0 aliphatic carbocycles. The molecule has 46 heavy (non-hydrogen) atoms. The molecule has 240 valence electrons. The van der Waals surface area contributed by atoms with Crippen LogP contribution in [0.3, 0.4) is 0 Å². The predicted octanol–water partition coefficient (Wildman–Crippen LogP) is 4.53. The van der Waals surface area contributed by atoms with E-state index in [4.69, 9.17) is 9.84 Å². The van der Waals surface area contributed by atoms with E-state index in [2.05, 4.69) is 25.5 Å². The van der Waals surface area contributed by atoms with E-state index in [0.29, 0.717) is 47.8 Å². The molecule has 12 nitrogen and oxygen atoms in total. The number of benzene rings is 1. The zero-order chi connectivity index (χ0) is 32.6. The maximum Gasteiger partial charge on any atom is 0.433 e. The minimum Gasteiger partial charge on any atom is -0.494 e. The summed E-state index contributed by atoms with van der Waals surface area (Å²) >= 11 is 0. The molecule has 0 atom stereocenters. The van der Waals surface area contributed by atoms with Crippen LogP contribution in [0, 0.1) is 5.95 Å². The van der Waals surface area contributed by atoms with E-state index in [1.807, 2.05) is 10.9 Å². The topological polar surface area (TPSA) is 135 Å². The second kappa shape index (κ2) is 12.3. The van der Waals surface area contributed by atoms with Gasteiger partial charge >= 0.3 is 12.2 Å². The van der Waals surface area contributed by atoms with Gasteiger partial charge in [-0.1, -0.05) is 0 Å². The number of nitrogens with zero attached hydrogens (tertiary/aromatic N) is 6. The summed E-state index contributed by atoms with van der Waals surface area (Å²) in [5.74, 6) is -1.30. The summed E-state index contributed by atoms with van der Waals surface area (Å²) in [6, 6.07) is 6.22. The van der Waals surface area contributed by atoms with Crippen LogP contribution in [0.1, 0.15) is 46.9 Å². The summed E-state index contributed by atoms with van der Waals surface area (Å²) in [6.07, 6.45) is 0.983. The smallest absolute Gasteiger partial charge is 0.433 e. The number of hydrogen-bond donors (Lipinski definition) is 2. The highest BCUT2D eigenvalue weighted by molar-refractivity contribution is 6.06. The summed E-state index contributed by atoms with van der Waals surface area (Å²) < 4.78 is 60.4. The number of fused-ring (bicyclic) bond motifs is 1. The van der Waals surface area contributed by atoms with Crippen molar-refractivity contribution >= 4 is 40.1 Å². The van der Waals surface area contributed by atoms with E-state index >= 15 is 0 Å². The second-order valence-electron chi connectivity index (χ2n) is 11.0. The van der Waals surface area contributed by atoms with Gasteiger partial charge in [0.25, 0.3) is 5.91 Å². The van der Waals surface area contributed by atoms with Crippen molar-refractivity contribution in [3.8, 4) is 5.75 Å². The number of ether oxygens (including phenoxy) is 1. The third-order valence-corrected chi connectivity index (χ3v) is 8.00. The predicted molar refractivity (Wildman–Crippen MR) is 157 cm³/mol. The van der Waals surface area contributed by atoms with E-state index < -0.39 is 29.8 Å². The van der Waals surface area contributed by atoms with E-state index in [1.165, 1.54) is 18.2 Å². The number of piperidine rings is 1. The average Bonchev–Trinajstić information content (AvgIpc) is 3.45. The Morgan fingerprint density at radius 3 is 2.54 bits per heavy atom. The average molecular weight is 641 g/mol. The molecule has 1 aromatic carbocycles. The molecule has 2 fully saturated rings. The van der Waals surface area contributed by atoms with Gasteiger partial charge in [0, 0.05) is 62.0 Å². The number of anilines is 2. The van der Waals surface area contributed by atoms with Crippen molar-refractivity contribution in [1.29, 1.82) is 0 Å². The Balaban J connectivity index is 1.11. The number of aromatic nitrogens is 4. The van der Waals surface area contributed by atoms with E-state index in [-0.39, 0.29) is 30.5 Å². The number of imide groups is 1. The van der Waals surface area contributed by atoms with E-state index in [0.717, 1.165) is 36.6 Å². The van der Waals surface area contributed by atoms with E-state index in [1.54, 1.807) is 18.2 Å². The molecule has 2 N–H and O–H groups in total. The van der Waals surface area contributed by atoms with Gasteiger partial charge in [-0.3, -0.25) is 34.4 Å². The molecule has 3 aromatic heterocycles. The Morgan fingerprint density at radius 1 is 1.09 bits per heavy atom. The van der Waals surface area contributed by atoms with Crippen LogP contribution < -0.4 is 20.3 Å². The lowest BCUT2D eigenvalue weighted by Gasteiger charge is -2.32. The van der Waals surface area contributed by atoms with Crippen LogP contribution in [0.4, 0.5) is 33.7 Å². The normalized spacial score (nSPS) is 16.5. The third-order valence-electron chi connectivity index (χ3n) is 8.00. The first-order valence-corrected chi connectivity index (χ1v) is 14.4. The fourth-order valence-corrected chi connectivity index (χ4v) is 5.55. The lowest BCUT2D eigenvalue weighted by Crippen LogP contribution is -2.49. The van der Waals surface area contributed by atoms with Crippen molar-refractivity contribution < 1.29 is 36.7 Å². The Labute approximate surface area is 259 Å². The molecule has 6 rings (SSSR count). The maximum absolute atomic E-state index is 14.6.